The van der Waals surface area contributed by atoms with Gasteiger partial charge >= 0.3 is 0 Å². The van der Waals surface area contributed by atoms with Crippen molar-refractivity contribution in [1.82, 2.24) is 10.2 Å². The molecule has 0 amide bonds. The molecule has 1 atom stereocenters. The van der Waals surface area contributed by atoms with Crippen molar-refractivity contribution in [2.24, 2.45) is 5.41 Å². The van der Waals surface area contributed by atoms with Crippen LogP contribution in [0.5, 0.6) is 0 Å². The molecule has 1 rings (SSSR count). The lowest BCUT2D eigenvalue weighted by Gasteiger charge is -2.39. The van der Waals surface area contributed by atoms with E-state index in [4.69, 9.17) is 0 Å². The molecule has 0 spiro atoms. The number of hydrogen-bond acceptors (Lipinski definition) is 3. The third-order valence-electron chi connectivity index (χ3n) is 3.77. The second-order valence-corrected chi connectivity index (χ2v) is 8.98. The van der Waals surface area contributed by atoms with E-state index in [9.17, 15) is 4.21 Å². The summed E-state index contributed by atoms with van der Waals surface area (Å²) in [6.45, 7) is 15.5. The first-order valence-electron chi connectivity index (χ1n) is 7.56. The third-order valence-corrected chi connectivity index (χ3v) is 5.05. The normalized spacial score (nSPS) is 22.4. The lowest BCUT2D eigenvalue weighted by Crippen LogP contribution is -2.50. The molecule has 1 heterocycles. The van der Waals surface area contributed by atoms with Gasteiger partial charge in [0.05, 0.1) is 0 Å². The maximum absolute atomic E-state index is 11.4. The Hall–Kier alpha value is 0.0700. The number of rotatable bonds is 6. The van der Waals surface area contributed by atoms with Gasteiger partial charge < -0.3 is 10.2 Å². The van der Waals surface area contributed by atoms with Crippen LogP contribution in [0, 0.1) is 5.41 Å². The van der Waals surface area contributed by atoms with Gasteiger partial charge in [-0.3, -0.25) is 4.21 Å². The first kappa shape index (κ1) is 17.1. The minimum atomic E-state index is -0.568. The zero-order valence-corrected chi connectivity index (χ0v) is 14.2. The predicted molar refractivity (Wildman–Crippen MR) is 85.1 cm³/mol. The number of nitrogens with one attached hydrogen (secondary N) is 1. The van der Waals surface area contributed by atoms with Crippen LogP contribution >= 0.6 is 0 Å². The van der Waals surface area contributed by atoms with Crippen molar-refractivity contribution in [3.05, 3.63) is 0 Å². The van der Waals surface area contributed by atoms with E-state index in [1.165, 1.54) is 12.8 Å². The highest BCUT2D eigenvalue weighted by molar-refractivity contribution is 7.85. The molecule has 3 nitrogen and oxygen atoms in total. The topological polar surface area (TPSA) is 32.3 Å². The molecule has 0 bridgehead atoms. The van der Waals surface area contributed by atoms with Crippen LogP contribution in [0.3, 0.4) is 0 Å². The molecule has 4 heteroatoms. The molecule has 1 aliphatic rings. The summed E-state index contributed by atoms with van der Waals surface area (Å²) in [6.07, 6.45) is 2.47. The summed E-state index contributed by atoms with van der Waals surface area (Å²) >= 11 is 0. The van der Waals surface area contributed by atoms with Gasteiger partial charge in [0.25, 0.3) is 0 Å². The fourth-order valence-electron chi connectivity index (χ4n) is 2.68. The van der Waals surface area contributed by atoms with Gasteiger partial charge in [-0.15, -0.1) is 0 Å². The fraction of sp³-hybridized carbons (Fsp3) is 1.00. The van der Waals surface area contributed by atoms with E-state index >= 15 is 0 Å². The SMILES string of the molecule is CCCC(C)(CNC(C)(C)C)CN1CCS(=O)CC1. The number of hydrogen-bond donors (Lipinski definition) is 1. The monoisotopic (exact) mass is 288 g/mol. The summed E-state index contributed by atoms with van der Waals surface area (Å²) < 4.78 is 11.4. The van der Waals surface area contributed by atoms with Crippen molar-refractivity contribution in [2.45, 2.75) is 53.0 Å². The molecule has 0 aromatic rings. The Labute approximate surface area is 122 Å². The summed E-state index contributed by atoms with van der Waals surface area (Å²) in [5.41, 5.74) is 0.499. The van der Waals surface area contributed by atoms with Crippen LogP contribution in [0.25, 0.3) is 0 Å². The van der Waals surface area contributed by atoms with Crippen LogP contribution in [0.15, 0.2) is 0 Å². The van der Waals surface area contributed by atoms with Crippen LogP contribution in [0.4, 0.5) is 0 Å². The maximum Gasteiger partial charge on any atom is 0.0363 e. The summed E-state index contributed by atoms with van der Waals surface area (Å²) in [4.78, 5) is 2.50. The fourth-order valence-corrected chi connectivity index (χ4v) is 3.81. The molecule has 1 unspecified atom stereocenters. The summed E-state index contributed by atoms with van der Waals surface area (Å²) in [5.74, 6) is 1.71. The predicted octanol–water partition coefficient (Wildman–Crippen LogP) is 2.25. The second kappa shape index (κ2) is 7.19. The van der Waals surface area contributed by atoms with Gasteiger partial charge in [-0.25, -0.2) is 0 Å². The van der Waals surface area contributed by atoms with Gasteiger partial charge in [0.15, 0.2) is 0 Å². The zero-order chi connectivity index (χ0) is 14.5. The zero-order valence-electron chi connectivity index (χ0n) is 13.4. The van der Waals surface area contributed by atoms with Gasteiger partial charge in [-0.05, 0) is 32.6 Å². The molecule has 0 aliphatic carbocycles. The summed E-state index contributed by atoms with van der Waals surface area (Å²) in [5, 5.41) is 3.66. The molecule has 0 saturated carbocycles. The van der Waals surface area contributed by atoms with Crippen LogP contribution in [0.1, 0.15) is 47.5 Å². The largest absolute Gasteiger partial charge is 0.311 e. The molecule has 0 radical (unpaired) electrons. The molecule has 114 valence electrons. The van der Waals surface area contributed by atoms with Crippen LogP contribution < -0.4 is 5.32 Å². The van der Waals surface area contributed by atoms with Crippen LogP contribution in [0.2, 0.25) is 0 Å². The lowest BCUT2D eigenvalue weighted by molar-refractivity contribution is 0.149. The Morgan fingerprint density at radius 1 is 1.16 bits per heavy atom. The van der Waals surface area contributed by atoms with E-state index < -0.39 is 10.8 Å². The van der Waals surface area contributed by atoms with Crippen LogP contribution in [-0.4, -0.2) is 52.3 Å². The van der Waals surface area contributed by atoms with Gasteiger partial charge in [0.2, 0.25) is 0 Å². The van der Waals surface area contributed by atoms with E-state index in [0.717, 1.165) is 37.7 Å². The van der Waals surface area contributed by atoms with E-state index in [1.807, 2.05) is 0 Å². The molecule has 0 aromatic heterocycles. The van der Waals surface area contributed by atoms with Crippen molar-refractivity contribution in [1.29, 1.82) is 0 Å². The first-order chi connectivity index (χ1) is 8.74. The van der Waals surface area contributed by atoms with Crippen molar-refractivity contribution >= 4 is 10.8 Å². The molecule has 0 aromatic carbocycles. The highest BCUT2D eigenvalue weighted by atomic mass is 32.2. The van der Waals surface area contributed by atoms with Crippen molar-refractivity contribution in [2.75, 3.05) is 37.7 Å². The Morgan fingerprint density at radius 3 is 2.21 bits per heavy atom. The molecule has 1 fully saturated rings. The van der Waals surface area contributed by atoms with Gasteiger partial charge in [0.1, 0.15) is 0 Å². The lowest BCUT2D eigenvalue weighted by atomic mass is 9.84. The third kappa shape index (κ3) is 6.87. The van der Waals surface area contributed by atoms with E-state index in [1.54, 1.807) is 0 Å². The van der Waals surface area contributed by atoms with Crippen molar-refractivity contribution in [3.63, 3.8) is 0 Å². The minimum absolute atomic E-state index is 0.179. The molecule has 1 saturated heterocycles. The molecule has 19 heavy (non-hydrogen) atoms. The summed E-state index contributed by atoms with van der Waals surface area (Å²) in [6, 6.07) is 0. The van der Waals surface area contributed by atoms with E-state index in [0.29, 0.717) is 5.41 Å². The van der Waals surface area contributed by atoms with E-state index in [2.05, 4.69) is 44.8 Å². The Morgan fingerprint density at radius 2 is 1.74 bits per heavy atom. The highest BCUT2D eigenvalue weighted by Crippen LogP contribution is 2.25. The van der Waals surface area contributed by atoms with Crippen molar-refractivity contribution in [3.8, 4) is 0 Å². The second-order valence-electron chi connectivity index (χ2n) is 7.29. The number of nitrogens with zero attached hydrogens (tertiary/aromatic N) is 1. The quantitative estimate of drug-likeness (QED) is 0.813. The molecule has 1 N–H and O–H groups in total. The molecule has 1 aliphatic heterocycles. The highest BCUT2D eigenvalue weighted by Gasteiger charge is 2.29. The average molecular weight is 289 g/mol. The Kier molecular flexibility index (Phi) is 6.48. The molecular formula is C15H32N2OS. The standard InChI is InChI=1S/C15H32N2OS/c1-6-7-15(5,12-16-14(2,3)4)13-17-8-10-19(18)11-9-17/h16H,6-13H2,1-5H3. The summed E-state index contributed by atoms with van der Waals surface area (Å²) in [7, 11) is -0.568. The molecular weight excluding hydrogens is 256 g/mol. The minimum Gasteiger partial charge on any atom is -0.311 e. The average Bonchev–Trinajstić information content (AvgIpc) is 2.30. The van der Waals surface area contributed by atoms with Gasteiger partial charge in [-0.1, -0.05) is 20.3 Å². The van der Waals surface area contributed by atoms with Gasteiger partial charge in [0, 0.05) is 54.0 Å². The maximum atomic E-state index is 11.4. The Balaban J connectivity index is 2.52. The smallest absolute Gasteiger partial charge is 0.0363 e. The van der Waals surface area contributed by atoms with Crippen molar-refractivity contribution < 1.29 is 4.21 Å². The van der Waals surface area contributed by atoms with Crippen LogP contribution in [-0.2, 0) is 10.8 Å². The first-order valence-corrected chi connectivity index (χ1v) is 9.05. The van der Waals surface area contributed by atoms with E-state index in [-0.39, 0.29) is 5.54 Å². The Bertz CT molecular complexity index is 291. The van der Waals surface area contributed by atoms with Gasteiger partial charge in [-0.2, -0.15) is 0 Å².